The molecule has 5 nitrogen and oxygen atoms in total. The van der Waals surface area contributed by atoms with Crippen molar-refractivity contribution in [3.8, 4) is 0 Å². The van der Waals surface area contributed by atoms with Gasteiger partial charge in [-0.3, -0.25) is 9.69 Å². The first-order chi connectivity index (χ1) is 10.9. The lowest BCUT2D eigenvalue weighted by Gasteiger charge is -2.32. The Balaban J connectivity index is 2.19. The molecule has 120 valence electrons. The van der Waals surface area contributed by atoms with E-state index in [1.165, 1.54) is 18.9 Å². The van der Waals surface area contributed by atoms with E-state index in [2.05, 4.69) is 4.99 Å². The first-order valence-corrected chi connectivity index (χ1v) is 8.32. The molecule has 2 atom stereocenters. The molecule has 1 aromatic carbocycles. The van der Waals surface area contributed by atoms with Crippen molar-refractivity contribution in [1.82, 2.24) is 4.90 Å². The molecule has 0 N–H and O–H groups in total. The molecule has 0 aromatic heterocycles. The minimum atomic E-state index is -0.571. The summed E-state index contributed by atoms with van der Waals surface area (Å²) in [5.41, 5.74) is 1.68. The van der Waals surface area contributed by atoms with E-state index in [1.54, 1.807) is 30.0 Å². The van der Waals surface area contributed by atoms with Crippen LogP contribution in [-0.2, 0) is 14.3 Å². The van der Waals surface area contributed by atoms with Crippen molar-refractivity contribution < 1.29 is 14.3 Å². The summed E-state index contributed by atoms with van der Waals surface area (Å²) in [6.45, 7) is 3.58. The van der Waals surface area contributed by atoms with E-state index < -0.39 is 12.0 Å². The van der Waals surface area contributed by atoms with E-state index in [9.17, 15) is 9.59 Å². The summed E-state index contributed by atoms with van der Waals surface area (Å²) in [5, 5.41) is 0.915. The van der Waals surface area contributed by atoms with Crippen molar-refractivity contribution in [1.29, 1.82) is 0 Å². The van der Waals surface area contributed by atoms with Gasteiger partial charge in [0.25, 0.3) is 0 Å². The maximum absolute atomic E-state index is 12.6. The fraction of sp³-hybridized carbons (Fsp3) is 0.312. The number of methoxy groups -OCH3 is 1. The highest BCUT2D eigenvalue weighted by Gasteiger charge is 2.46. The SMILES string of the molecule is COC(=O)C1=C(C)N=C2S[C@@H](C)C(=O)N2[C@H]1c1cccc(Cl)c1. The number of fused-ring (bicyclic) bond motifs is 1. The quantitative estimate of drug-likeness (QED) is 0.769. The Kier molecular flexibility index (Phi) is 4.21. The number of aliphatic imine (C=N–C) groups is 1. The summed E-state index contributed by atoms with van der Waals surface area (Å²) < 4.78 is 4.91. The molecule has 0 bridgehead atoms. The first kappa shape index (κ1) is 16.1. The number of hydrogen-bond donors (Lipinski definition) is 0. The minimum Gasteiger partial charge on any atom is -0.466 e. The van der Waals surface area contributed by atoms with Crippen molar-refractivity contribution in [2.24, 2.45) is 4.99 Å². The predicted octanol–water partition coefficient (Wildman–Crippen LogP) is 3.16. The first-order valence-electron chi connectivity index (χ1n) is 7.07. The van der Waals surface area contributed by atoms with Crippen molar-refractivity contribution >= 4 is 40.4 Å². The number of ether oxygens (including phenoxy) is 1. The molecular weight excluding hydrogens is 336 g/mol. The zero-order valence-electron chi connectivity index (χ0n) is 12.9. The summed E-state index contributed by atoms with van der Waals surface area (Å²) in [6.07, 6.45) is 0. The summed E-state index contributed by atoms with van der Waals surface area (Å²) in [7, 11) is 1.32. The molecule has 1 amide bonds. The molecule has 1 saturated heterocycles. The average molecular weight is 351 g/mol. The lowest BCUT2D eigenvalue weighted by Crippen LogP contribution is -2.40. The van der Waals surface area contributed by atoms with E-state index >= 15 is 0 Å². The number of nitrogens with zero attached hydrogens (tertiary/aromatic N) is 2. The molecule has 23 heavy (non-hydrogen) atoms. The fourth-order valence-corrected chi connectivity index (χ4v) is 3.99. The lowest BCUT2D eigenvalue weighted by atomic mass is 9.94. The number of allylic oxidation sites excluding steroid dienone is 1. The van der Waals surface area contributed by atoms with Gasteiger partial charge < -0.3 is 4.74 Å². The van der Waals surface area contributed by atoms with Gasteiger partial charge in [0.15, 0.2) is 5.17 Å². The van der Waals surface area contributed by atoms with Crippen LogP contribution in [0.3, 0.4) is 0 Å². The van der Waals surface area contributed by atoms with Gasteiger partial charge in [-0.15, -0.1) is 0 Å². The van der Waals surface area contributed by atoms with Crippen LogP contribution in [0, 0.1) is 0 Å². The predicted molar refractivity (Wildman–Crippen MR) is 90.2 cm³/mol. The van der Waals surface area contributed by atoms with Gasteiger partial charge in [0.1, 0.15) is 0 Å². The number of carbonyl (C=O) groups is 2. The number of hydrogen-bond acceptors (Lipinski definition) is 5. The van der Waals surface area contributed by atoms with Crippen LogP contribution in [-0.4, -0.2) is 34.3 Å². The van der Waals surface area contributed by atoms with Gasteiger partial charge in [-0.2, -0.15) is 0 Å². The van der Waals surface area contributed by atoms with Crippen LogP contribution in [0.4, 0.5) is 0 Å². The van der Waals surface area contributed by atoms with Crippen molar-refractivity contribution in [2.45, 2.75) is 25.1 Å². The Morgan fingerprint density at radius 3 is 2.83 bits per heavy atom. The number of esters is 1. The van der Waals surface area contributed by atoms with Crippen molar-refractivity contribution in [3.63, 3.8) is 0 Å². The molecule has 0 saturated carbocycles. The van der Waals surface area contributed by atoms with E-state index in [0.717, 1.165) is 5.56 Å². The highest BCUT2D eigenvalue weighted by molar-refractivity contribution is 8.15. The Hall–Kier alpha value is -1.79. The standard InChI is InChI=1S/C16H15ClN2O3S/c1-8-12(15(21)22-3)13(10-5-4-6-11(17)7-10)19-14(20)9(2)23-16(19)18-8/h4-7,9,13H,1-3H3/t9-,13-/m0/s1. The van der Waals surface area contributed by atoms with Gasteiger partial charge in [-0.1, -0.05) is 35.5 Å². The monoisotopic (exact) mass is 350 g/mol. The molecule has 0 aliphatic carbocycles. The third-order valence-electron chi connectivity index (χ3n) is 3.83. The Labute approximate surface area is 143 Å². The van der Waals surface area contributed by atoms with E-state index in [1.807, 2.05) is 13.0 Å². The van der Waals surface area contributed by atoms with Gasteiger partial charge in [0.05, 0.1) is 29.7 Å². The van der Waals surface area contributed by atoms with E-state index in [-0.39, 0.29) is 11.2 Å². The fourth-order valence-electron chi connectivity index (χ4n) is 2.77. The van der Waals surface area contributed by atoms with Gasteiger partial charge in [0, 0.05) is 5.02 Å². The van der Waals surface area contributed by atoms with Gasteiger partial charge in [-0.05, 0) is 31.5 Å². The Morgan fingerprint density at radius 1 is 1.43 bits per heavy atom. The van der Waals surface area contributed by atoms with Crippen LogP contribution in [0.1, 0.15) is 25.5 Å². The van der Waals surface area contributed by atoms with Crippen molar-refractivity contribution in [3.05, 3.63) is 46.1 Å². The zero-order chi connectivity index (χ0) is 16.7. The third-order valence-corrected chi connectivity index (χ3v) is 5.12. The number of halogens is 1. The molecule has 3 rings (SSSR count). The van der Waals surface area contributed by atoms with Crippen LogP contribution in [0.15, 0.2) is 40.5 Å². The van der Waals surface area contributed by atoms with E-state index in [0.29, 0.717) is 21.5 Å². The number of benzene rings is 1. The topological polar surface area (TPSA) is 59.0 Å². The van der Waals surface area contributed by atoms with Crippen LogP contribution in [0.25, 0.3) is 0 Å². The Bertz CT molecular complexity index is 759. The largest absolute Gasteiger partial charge is 0.466 e. The van der Waals surface area contributed by atoms with Gasteiger partial charge in [-0.25, -0.2) is 9.79 Å². The summed E-state index contributed by atoms with van der Waals surface area (Å²) >= 11 is 7.49. The highest BCUT2D eigenvalue weighted by Crippen LogP contribution is 2.43. The molecule has 7 heteroatoms. The second-order valence-corrected chi connectivity index (χ2v) is 7.06. The zero-order valence-corrected chi connectivity index (χ0v) is 14.4. The normalized spacial score (nSPS) is 23.7. The smallest absolute Gasteiger partial charge is 0.338 e. The number of amidine groups is 1. The van der Waals surface area contributed by atoms with Crippen molar-refractivity contribution in [2.75, 3.05) is 7.11 Å². The number of rotatable bonds is 2. The van der Waals surface area contributed by atoms with Crippen LogP contribution in [0.5, 0.6) is 0 Å². The summed E-state index contributed by atoms with van der Waals surface area (Å²) in [6, 6.07) is 6.58. The van der Waals surface area contributed by atoms with Crippen LogP contribution < -0.4 is 0 Å². The number of amides is 1. The summed E-state index contributed by atoms with van der Waals surface area (Å²) in [5.74, 6) is -0.569. The van der Waals surface area contributed by atoms with Gasteiger partial charge in [0.2, 0.25) is 5.91 Å². The van der Waals surface area contributed by atoms with Crippen LogP contribution >= 0.6 is 23.4 Å². The molecular formula is C16H15ClN2O3S. The third kappa shape index (κ3) is 2.66. The lowest BCUT2D eigenvalue weighted by molar-refractivity contribution is -0.137. The highest BCUT2D eigenvalue weighted by atomic mass is 35.5. The maximum atomic E-state index is 12.6. The maximum Gasteiger partial charge on any atom is 0.338 e. The second-order valence-electron chi connectivity index (χ2n) is 5.31. The number of carbonyl (C=O) groups excluding carboxylic acids is 2. The molecule has 0 unspecified atom stereocenters. The Morgan fingerprint density at radius 2 is 2.17 bits per heavy atom. The van der Waals surface area contributed by atoms with E-state index in [4.69, 9.17) is 16.3 Å². The molecule has 0 radical (unpaired) electrons. The molecule has 0 spiro atoms. The second kappa shape index (κ2) is 6.02. The van der Waals surface area contributed by atoms with Crippen LogP contribution in [0.2, 0.25) is 5.02 Å². The molecule has 2 aliphatic rings. The molecule has 2 aliphatic heterocycles. The molecule has 2 heterocycles. The minimum absolute atomic E-state index is 0.0763. The molecule has 1 aromatic rings. The summed E-state index contributed by atoms with van der Waals surface area (Å²) in [4.78, 5) is 30.9. The average Bonchev–Trinajstić information content (AvgIpc) is 2.79. The number of thioether (sulfide) groups is 1. The molecule has 1 fully saturated rings. The van der Waals surface area contributed by atoms with Gasteiger partial charge >= 0.3 is 5.97 Å².